The quantitative estimate of drug-likeness (QED) is 0.608. The number of nitrogens with zero attached hydrogens (tertiary/aromatic N) is 1. The second-order valence-electron chi connectivity index (χ2n) is 4.56. The van der Waals surface area contributed by atoms with Crippen molar-refractivity contribution in [2.24, 2.45) is 0 Å². The number of thioether (sulfide) groups is 1. The van der Waals surface area contributed by atoms with Gasteiger partial charge >= 0.3 is 0 Å². The number of carbonyl (C=O) groups is 1. The molecule has 0 N–H and O–H groups in total. The number of amides is 1. The molecule has 0 aliphatic carbocycles. The van der Waals surface area contributed by atoms with Crippen LogP contribution in [0.25, 0.3) is 6.08 Å². The predicted molar refractivity (Wildman–Crippen MR) is 81.5 cm³/mol. The van der Waals surface area contributed by atoms with E-state index in [0.717, 1.165) is 5.56 Å². The summed E-state index contributed by atoms with van der Waals surface area (Å²) in [5, 5.41) is 0. The van der Waals surface area contributed by atoms with Crippen molar-refractivity contribution in [3.8, 4) is 0 Å². The van der Waals surface area contributed by atoms with Crippen LogP contribution in [0.3, 0.4) is 0 Å². The predicted octanol–water partition coefficient (Wildman–Crippen LogP) is 3.64. The number of thiocarbonyl (C=S) groups is 1. The number of likely N-dealkylation sites (N-methyl/N-ethyl adjacent to an activating group) is 1. The lowest BCUT2D eigenvalue weighted by atomic mass is 10.0. The molecule has 1 aromatic rings. The molecular formula is C14H15NOS2. The van der Waals surface area contributed by atoms with Crippen LogP contribution in [-0.2, 0) is 4.79 Å². The summed E-state index contributed by atoms with van der Waals surface area (Å²) in [5.41, 5.74) is 2.34. The van der Waals surface area contributed by atoms with Gasteiger partial charge in [0.2, 0.25) is 0 Å². The lowest BCUT2D eigenvalue weighted by molar-refractivity contribution is -0.121. The van der Waals surface area contributed by atoms with E-state index >= 15 is 0 Å². The maximum Gasteiger partial charge on any atom is 0.265 e. The van der Waals surface area contributed by atoms with Crippen LogP contribution >= 0.6 is 24.0 Å². The van der Waals surface area contributed by atoms with Gasteiger partial charge < -0.3 is 0 Å². The summed E-state index contributed by atoms with van der Waals surface area (Å²) in [5.74, 6) is 0.505. The Bertz CT molecular complexity index is 517. The summed E-state index contributed by atoms with van der Waals surface area (Å²) >= 11 is 6.45. The molecule has 0 aromatic heterocycles. The SMILES string of the molecule is CC(C)c1ccc(/C=C2\SC(=S)N(C)C2=O)cc1. The maximum atomic E-state index is 11.8. The second kappa shape index (κ2) is 5.24. The minimum Gasteiger partial charge on any atom is -0.296 e. The topological polar surface area (TPSA) is 20.3 Å². The van der Waals surface area contributed by atoms with E-state index < -0.39 is 0 Å². The highest BCUT2D eigenvalue weighted by Crippen LogP contribution is 2.31. The summed E-state index contributed by atoms with van der Waals surface area (Å²) < 4.78 is 0.616. The molecule has 1 fully saturated rings. The van der Waals surface area contributed by atoms with Crippen LogP contribution in [0.4, 0.5) is 0 Å². The van der Waals surface area contributed by atoms with Gasteiger partial charge in [-0.3, -0.25) is 9.69 Å². The highest BCUT2D eigenvalue weighted by molar-refractivity contribution is 8.26. The average Bonchev–Trinajstić information content (AvgIpc) is 2.58. The van der Waals surface area contributed by atoms with Crippen LogP contribution in [0.1, 0.15) is 30.9 Å². The van der Waals surface area contributed by atoms with E-state index in [1.54, 1.807) is 7.05 Å². The van der Waals surface area contributed by atoms with Gasteiger partial charge in [0.15, 0.2) is 0 Å². The van der Waals surface area contributed by atoms with E-state index in [4.69, 9.17) is 12.2 Å². The first-order chi connectivity index (χ1) is 8.49. The molecule has 4 heteroatoms. The Balaban J connectivity index is 2.24. The highest BCUT2D eigenvalue weighted by Gasteiger charge is 2.28. The lowest BCUT2D eigenvalue weighted by Gasteiger charge is -2.05. The largest absolute Gasteiger partial charge is 0.296 e. The lowest BCUT2D eigenvalue weighted by Crippen LogP contribution is -2.22. The van der Waals surface area contributed by atoms with Gasteiger partial charge in [-0.15, -0.1) is 0 Å². The molecule has 2 rings (SSSR count). The zero-order valence-corrected chi connectivity index (χ0v) is 12.3. The molecule has 0 unspecified atom stereocenters. The summed E-state index contributed by atoms with van der Waals surface area (Å²) in [6.45, 7) is 4.33. The Morgan fingerprint density at radius 2 is 1.89 bits per heavy atom. The van der Waals surface area contributed by atoms with Crippen molar-refractivity contribution in [3.05, 3.63) is 40.3 Å². The number of hydrogen-bond acceptors (Lipinski definition) is 3. The minimum atomic E-state index is -0.0158. The standard InChI is InChI=1S/C14H15NOS2/c1-9(2)11-6-4-10(5-7-11)8-12-13(16)15(3)14(17)18-12/h4-9H,1-3H3/b12-8-. The van der Waals surface area contributed by atoms with Gasteiger partial charge in [-0.05, 0) is 23.1 Å². The van der Waals surface area contributed by atoms with Crippen molar-refractivity contribution in [2.75, 3.05) is 7.05 Å². The van der Waals surface area contributed by atoms with Gasteiger partial charge in [-0.2, -0.15) is 0 Å². The fraction of sp³-hybridized carbons (Fsp3) is 0.286. The minimum absolute atomic E-state index is 0.0158. The molecule has 2 nitrogen and oxygen atoms in total. The third-order valence-electron chi connectivity index (χ3n) is 2.89. The zero-order valence-electron chi connectivity index (χ0n) is 10.6. The van der Waals surface area contributed by atoms with Crippen molar-refractivity contribution in [2.45, 2.75) is 19.8 Å². The molecule has 1 heterocycles. The molecular weight excluding hydrogens is 262 g/mol. The van der Waals surface area contributed by atoms with Crippen molar-refractivity contribution in [3.63, 3.8) is 0 Å². The van der Waals surface area contributed by atoms with E-state index in [9.17, 15) is 4.79 Å². The first kappa shape index (κ1) is 13.3. The van der Waals surface area contributed by atoms with Crippen LogP contribution in [0.5, 0.6) is 0 Å². The molecule has 1 amide bonds. The molecule has 1 aromatic carbocycles. The Labute approximate surface area is 117 Å². The third-order valence-corrected chi connectivity index (χ3v) is 4.37. The Morgan fingerprint density at radius 3 is 2.33 bits per heavy atom. The highest BCUT2D eigenvalue weighted by atomic mass is 32.2. The molecule has 0 bridgehead atoms. The molecule has 18 heavy (non-hydrogen) atoms. The number of hydrogen-bond donors (Lipinski definition) is 0. The molecule has 0 radical (unpaired) electrons. The fourth-order valence-corrected chi connectivity index (χ4v) is 2.85. The van der Waals surface area contributed by atoms with Crippen LogP contribution in [0, 0.1) is 0 Å². The average molecular weight is 277 g/mol. The smallest absolute Gasteiger partial charge is 0.265 e. The normalized spacial score (nSPS) is 18.2. The number of carbonyl (C=O) groups excluding carboxylic acids is 1. The molecule has 1 aliphatic heterocycles. The summed E-state index contributed by atoms with van der Waals surface area (Å²) in [6.07, 6.45) is 1.90. The molecule has 94 valence electrons. The van der Waals surface area contributed by atoms with Crippen molar-refractivity contribution >= 4 is 40.3 Å². The van der Waals surface area contributed by atoms with Crippen molar-refractivity contribution in [1.82, 2.24) is 4.90 Å². The third kappa shape index (κ3) is 2.65. The molecule has 1 aliphatic rings. The van der Waals surface area contributed by atoms with Gasteiger partial charge in [0.05, 0.1) is 4.91 Å². The van der Waals surface area contributed by atoms with E-state index in [1.807, 2.05) is 18.2 Å². The zero-order chi connectivity index (χ0) is 13.3. The monoisotopic (exact) mass is 277 g/mol. The van der Waals surface area contributed by atoms with Crippen molar-refractivity contribution < 1.29 is 4.79 Å². The summed E-state index contributed by atoms with van der Waals surface area (Å²) in [4.78, 5) is 14.0. The Kier molecular flexibility index (Phi) is 3.88. The second-order valence-corrected chi connectivity index (χ2v) is 6.24. The first-order valence-corrected chi connectivity index (χ1v) is 7.03. The van der Waals surface area contributed by atoms with Gasteiger partial charge in [0.25, 0.3) is 5.91 Å². The van der Waals surface area contributed by atoms with Crippen molar-refractivity contribution in [1.29, 1.82) is 0 Å². The fourth-order valence-electron chi connectivity index (χ4n) is 1.67. The van der Waals surface area contributed by atoms with Crippen LogP contribution < -0.4 is 0 Å². The van der Waals surface area contributed by atoms with E-state index in [-0.39, 0.29) is 5.91 Å². The Hall–Kier alpha value is -1.13. The first-order valence-electron chi connectivity index (χ1n) is 5.80. The molecule has 0 atom stereocenters. The van der Waals surface area contributed by atoms with Crippen LogP contribution in [0.2, 0.25) is 0 Å². The van der Waals surface area contributed by atoms with Crippen LogP contribution in [0.15, 0.2) is 29.2 Å². The van der Waals surface area contributed by atoms with Crippen LogP contribution in [-0.4, -0.2) is 22.2 Å². The van der Waals surface area contributed by atoms with E-state index in [1.165, 1.54) is 22.2 Å². The Morgan fingerprint density at radius 1 is 1.28 bits per heavy atom. The van der Waals surface area contributed by atoms with E-state index in [0.29, 0.717) is 15.1 Å². The molecule has 1 saturated heterocycles. The maximum absolute atomic E-state index is 11.8. The summed E-state index contributed by atoms with van der Waals surface area (Å²) in [7, 11) is 1.71. The number of benzene rings is 1. The van der Waals surface area contributed by atoms with Gasteiger partial charge in [0.1, 0.15) is 4.32 Å². The van der Waals surface area contributed by atoms with Gasteiger partial charge in [-0.25, -0.2) is 0 Å². The summed E-state index contributed by atoms with van der Waals surface area (Å²) in [6, 6.07) is 8.28. The number of rotatable bonds is 2. The van der Waals surface area contributed by atoms with E-state index in [2.05, 4.69) is 26.0 Å². The van der Waals surface area contributed by atoms with Gasteiger partial charge in [-0.1, -0.05) is 62.1 Å². The van der Waals surface area contributed by atoms with Gasteiger partial charge in [0, 0.05) is 7.05 Å². The molecule has 0 spiro atoms. The molecule has 0 saturated carbocycles.